The van der Waals surface area contributed by atoms with Crippen molar-refractivity contribution in [2.45, 2.75) is 105 Å². The van der Waals surface area contributed by atoms with Crippen LogP contribution in [0, 0.1) is 35.5 Å². The van der Waals surface area contributed by atoms with Gasteiger partial charge in [0, 0.05) is 0 Å². The zero-order valence-electron chi connectivity index (χ0n) is 18.9. The van der Waals surface area contributed by atoms with Crippen LogP contribution >= 0.6 is 0 Å². The molecule has 0 amide bonds. The molecular weight excluding hydrogens is 352 g/mol. The van der Waals surface area contributed by atoms with Gasteiger partial charge < -0.3 is 9.47 Å². The molecule has 0 N–H and O–H groups in total. The summed E-state index contributed by atoms with van der Waals surface area (Å²) >= 11 is 0. The van der Waals surface area contributed by atoms with Crippen LogP contribution < -0.4 is 0 Å². The largest absolute Gasteiger partial charge is 0.462 e. The van der Waals surface area contributed by atoms with Crippen LogP contribution in [0.5, 0.6) is 0 Å². The molecule has 0 heterocycles. The highest BCUT2D eigenvalue weighted by molar-refractivity contribution is 5.77. The van der Waals surface area contributed by atoms with E-state index in [1.807, 2.05) is 0 Å². The van der Waals surface area contributed by atoms with Gasteiger partial charge in [-0.15, -0.1) is 0 Å². The Labute approximate surface area is 172 Å². The quantitative estimate of drug-likeness (QED) is 0.514. The molecule has 0 aromatic carbocycles. The predicted molar refractivity (Wildman–Crippen MR) is 112 cm³/mol. The fourth-order valence-corrected chi connectivity index (χ4v) is 5.16. The highest BCUT2D eigenvalue weighted by Crippen LogP contribution is 2.36. The maximum absolute atomic E-state index is 12.4. The van der Waals surface area contributed by atoms with Crippen molar-refractivity contribution in [3.63, 3.8) is 0 Å². The van der Waals surface area contributed by atoms with Crippen molar-refractivity contribution >= 4 is 11.9 Å². The number of carbonyl (C=O) groups excluding carboxylic acids is 2. The van der Waals surface area contributed by atoms with E-state index in [9.17, 15) is 9.59 Å². The van der Waals surface area contributed by atoms with Crippen molar-refractivity contribution < 1.29 is 19.1 Å². The molecule has 162 valence electrons. The molecule has 4 nitrogen and oxygen atoms in total. The van der Waals surface area contributed by atoms with Gasteiger partial charge in [-0.25, -0.2) is 0 Å². The maximum Gasteiger partial charge on any atom is 0.306 e. The van der Waals surface area contributed by atoms with Gasteiger partial charge in [-0.3, -0.25) is 9.59 Å². The van der Waals surface area contributed by atoms with Gasteiger partial charge >= 0.3 is 11.9 Å². The second-order valence-corrected chi connectivity index (χ2v) is 10.2. The van der Waals surface area contributed by atoms with E-state index in [1.54, 1.807) is 0 Å². The normalized spacial score (nSPS) is 33.7. The zero-order valence-corrected chi connectivity index (χ0v) is 18.9. The average molecular weight is 395 g/mol. The van der Waals surface area contributed by atoms with E-state index in [1.165, 1.54) is 12.8 Å². The van der Waals surface area contributed by atoms with E-state index in [0.29, 0.717) is 35.5 Å². The molecule has 2 aliphatic carbocycles. The first-order valence-corrected chi connectivity index (χ1v) is 11.6. The molecule has 4 heteroatoms. The summed E-state index contributed by atoms with van der Waals surface area (Å²) < 4.78 is 11.6. The minimum absolute atomic E-state index is 0.00298. The van der Waals surface area contributed by atoms with E-state index < -0.39 is 0 Å². The van der Waals surface area contributed by atoms with Gasteiger partial charge in [0.25, 0.3) is 0 Å². The monoisotopic (exact) mass is 394 g/mol. The Kier molecular flexibility index (Phi) is 8.82. The number of ether oxygens (including phenoxy) is 2. The van der Waals surface area contributed by atoms with Gasteiger partial charge in [0.2, 0.25) is 0 Å². The molecule has 6 atom stereocenters. The number of hydrogen-bond donors (Lipinski definition) is 0. The lowest BCUT2D eigenvalue weighted by Crippen LogP contribution is -2.36. The molecular formula is C24H42O4. The van der Waals surface area contributed by atoms with Crippen LogP contribution in [-0.4, -0.2) is 24.1 Å². The van der Waals surface area contributed by atoms with Crippen molar-refractivity contribution in [3.05, 3.63) is 0 Å². The molecule has 2 saturated carbocycles. The topological polar surface area (TPSA) is 52.6 Å². The summed E-state index contributed by atoms with van der Waals surface area (Å²) in [7, 11) is 0. The van der Waals surface area contributed by atoms with Crippen LogP contribution in [0.1, 0.15) is 92.9 Å². The SMILES string of the molecule is CC(C)[C@H]1CC[C@@H](C)C[C@H]1OC(=O)CCC(=O)O[C@H]1C[C@H](C)CC[C@H]1C(C)C. The van der Waals surface area contributed by atoms with E-state index in [-0.39, 0.29) is 37.0 Å². The molecule has 0 saturated heterocycles. The van der Waals surface area contributed by atoms with E-state index in [2.05, 4.69) is 41.5 Å². The minimum atomic E-state index is -0.251. The minimum Gasteiger partial charge on any atom is -0.462 e. The second-order valence-electron chi connectivity index (χ2n) is 10.2. The lowest BCUT2D eigenvalue weighted by Gasteiger charge is -2.37. The lowest BCUT2D eigenvalue weighted by molar-refractivity contribution is -0.163. The van der Waals surface area contributed by atoms with Crippen LogP contribution in [-0.2, 0) is 19.1 Å². The number of carbonyl (C=O) groups is 2. The molecule has 2 aliphatic rings. The van der Waals surface area contributed by atoms with Crippen molar-refractivity contribution in [2.75, 3.05) is 0 Å². The Hall–Kier alpha value is -1.06. The predicted octanol–water partition coefficient (Wildman–Crippen LogP) is 5.77. The molecule has 2 fully saturated rings. The highest BCUT2D eigenvalue weighted by Gasteiger charge is 2.35. The van der Waals surface area contributed by atoms with Crippen LogP contribution in [0.4, 0.5) is 0 Å². The van der Waals surface area contributed by atoms with Crippen molar-refractivity contribution in [1.29, 1.82) is 0 Å². The summed E-state index contributed by atoms with van der Waals surface area (Å²) in [5.74, 6) is 2.58. The summed E-state index contributed by atoms with van der Waals surface area (Å²) in [4.78, 5) is 24.8. The third-order valence-corrected chi connectivity index (χ3v) is 7.02. The molecule has 0 spiro atoms. The smallest absolute Gasteiger partial charge is 0.306 e. The number of hydrogen-bond acceptors (Lipinski definition) is 4. The molecule has 0 bridgehead atoms. The van der Waals surface area contributed by atoms with Crippen LogP contribution in [0.25, 0.3) is 0 Å². The molecule has 0 aromatic rings. The fraction of sp³-hybridized carbons (Fsp3) is 0.917. The third kappa shape index (κ3) is 6.77. The summed E-state index contributed by atoms with van der Waals surface area (Å²) in [6.45, 7) is 13.3. The van der Waals surface area contributed by atoms with E-state index >= 15 is 0 Å². The number of rotatable bonds is 7. The van der Waals surface area contributed by atoms with Crippen LogP contribution in [0.2, 0.25) is 0 Å². The van der Waals surface area contributed by atoms with Crippen molar-refractivity contribution in [3.8, 4) is 0 Å². The van der Waals surface area contributed by atoms with Crippen molar-refractivity contribution in [2.24, 2.45) is 35.5 Å². The molecule has 0 aromatic heterocycles. The first-order chi connectivity index (χ1) is 13.2. The van der Waals surface area contributed by atoms with Gasteiger partial charge in [0.15, 0.2) is 0 Å². The fourth-order valence-electron chi connectivity index (χ4n) is 5.16. The van der Waals surface area contributed by atoms with Gasteiger partial charge in [-0.05, 0) is 61.2 Å². The molecule has 0 aliphatic heterocycles. The average Bonchev–Trinajstić information content (AvgIpc) is 2.59. The summed E-state index contributed by atoms with van der Waals surface area (Å²) in [6, 6.07) is 0. The van der Waals surface area contributed by atoms with Gasteiger partial charge in [0.05, 0.1) is 12.8 Å². The van der Waals surface area contributed by atoms with Gasteiger partial charge in [0.1, 0.15) is 12.2 Å². The lowest BCUT2D eigenvalue weighted by atomic mass is 9.75. The Morgan fingerprint density at radius 3 is 1.39 bits per heavy atom. The van der Waals surface area contributed by atoms with Gasteiger partial charge in [-0.1, -0.05) is 54.4 Å². The highest BCUT2D eigenvalue weighted by atomic mass is 16.6. The van der Waals surface area contributed by atoms with Crippen LogP contribution in [0.3, 0.4) is 0 Å². The Morgan fingerprint density at radius 2 is 1.07 bits per heavy atom. The second kappa shape index (κ2) is 10.6. The summed E-state index contributed by atoms with van der Waals surface area (Å²) in [6.07, 6.45) is 6.79. The molecule has 0 radical (unpaired) electrons. The zero-order chi connectivity index (χ0) is 20.8. The van der Waals surface area contributed by atoms with E-state index in [0.717, 1.165) is 25.7 Å². The standard InChI is InChI=1S/C24H42O4/c1-15(2)19-9-7-17(5)13-21(19)27-23(25)11-12-24(26)28-22-14-18(6)8-10-20(22)16(3)4/h15-22H,7-14H2,1-6H3/t17-,18-,19-,20+,21-,22+/m1/s1. The number of esters is 2. The Bertz CT molecular complexity index is 467. The molecule has 0 unspecified atom stereocenters. The molecule has 28 heavy (non-hydrogen) atoms. The van der Waals surface area contributed by atoms with Crippen LogP contribution in [0.15, 0.2) is 0 Å². The summed E-state index contributed by atoms with van der Waals surface area (Å²) in [5, 5.41) is 0. The van der Waals surface area contributed by atoms with E-state index in [4.69, 9.17) is 9.47 Å². The maximum atomic E-state index is 12.4. The van der Waals surface area contributed by atoms with Crippen molar-refractivity contribution in [1.82, 2.24) is 0 Å². The first kappa shape index (κ1) is 23.2. The first-order valence-electron chi connectivity index (χ1n) is 11.6. The third-order valence-electron chi connectivity index (χ3n) is 7.02. The molecule has 2 rings (SSSR count). The summed E-state index contributed by atoms with van der Waals surface area (Å²) in [5.41, 5.74) is 0. The van der Waals surface area contributed by atoms with Gasteiger partial charge in [-0.2, -0.15) is 0 Å². The Morgan fingerprint density at radius 1 is 0.714 bits per heavy atom. The Balaban J connectivity index is 1.80.